The monoisotopic (exact) mass is 366 g/mol. The van der Waals surface area contributed by atoms with E-state index in [1.165, 1.54) is 43.5 Å². The van der Waals surface area contributed by atoms with E-state index in [-0.39, 0.29) is 11.1 Å². The van der Waals surface area contributed by atoms with Crippen molar-refractivity contribution in [3.05, 3.63) is 40.5 Å². The summed E-state index contributed by atoms with van der Waals surface area (Å²) in [6.45, 7) is 0. The van der Waals surface area contributed by atoms with Crippen LogP contribution in [0.2, 0.25) is 10.2 Å². The van der Waals surface area contributed by atoms with Crippen LogP contribution in [0.15, 0.2) is 24.8 Å². The van der Waals surface area contributed by atoms with Crippen LogP contribution in [0.5, 0.6) is 5.75 Å². The Bertz CT molecular complexity index is 927. The molecule has 0 aliphatic rings. The molecular formula is C14H12Cl2N6O2. The number of pyridine rings is 1. The first-order valence-corrected chi connectivity index (χ1v) is 7.51. The van der Waals surface area contributed by atoms with Gasteiger partial charge < -0.3 is 15.4 Å². The molecule has 0 aliphatic heterocycles. The molecule has 0 bridgehead atoms. The van der Waals surface area contributed by atoms with Crippen molar-refractivity contribution in [3.8, 4) is 5.75 Å². The molecular weight excluding hydrogens is 355 g/mol. The molecule has 0 aromatic carbocycles. The summed E-state index contributed by atoms with van der Waals surface area (Å²) in [5.41, 5.74) is 1.30. The number of methoxy groups -OCH3 is 1. The van der Waals surface area contributed by atoms with Gasteiger partial charge in [0.2, 0.25) is 0 Å². The number of halogens is 2. The largest absolute Gasteiger partial charge is 0.491 e. The second-order valence-electron chi connectivity index (χ2n) is 4.67. The molecule has 10 heteroatoms. The van der Waals surface area contributed by atoms with Crippen LogP contribution in [-0.4, -0.2) is 39.6 Å². The number of carbonyl (C=O) groups is 1. The minimum Gasteiger partial charge on any atom is -0.491 e. The van der Waals surface area contributed by atoms with E-state index < -0.39 is 0 Å². The summed E-state index contributed by atoms with van der Waals surface area (Å²) in [7, 11) is 3.02. The van der Waals surface area contributed by atoms with Gasteiger partial charge in [-0.05, 0) is 6.07 Å². The lowest BCUT2D eigenvalue weighted by molar-refractivity contribution is 0.0963. The van der Waals surface area contributed by atoms with Crippen LogP contribution >= 0.6 is 23.2 Å². The lowest BCUT2D eigenvalue weighted by Gasteiger charge is -2.14. The molecule has 3 rings (SSSR count). The summed E-state index contributed by atoms with van der Waals surface area (Å²) >= 11 is 12.1. The zero-order valence-corrected chi connectivity index (χ0v) is 14.2. The molecule has 3 heterocycles. The Morgan fingerprint density at radius 1 is 1.29 bits per heavy atom. The molecule has 0 radical (unpaired) electrons. The molecule has 0 spiro atoms. The summed E-state index contributed by atoms with van der Waals surface area (Å²) in [5, 5.41) is 10.3. The minimum absolute atomic E-state index is 0.229. The number of hydrogen-bond donors (Lipinski definition) is 2. The fourth-order valence-corrected chi connectivity index (χ4v) is 2.56. The second-order valence-corrected chi connectivity index (χ2v) is 5.46. The highest BCUT2D eigenvalue weighted by Crippen LogP contribution is 2.34. The third-order valence-electron chi connectivity index (χ3n) is 3.28. The molecule has 24 heavy (non-hydrogen) atoms. The number of hydrogen-bond acceptors (Lipinski definition) is 6. The van der Waals surface area contributed by atoms with Crippen molar-refractivity contribution < 1.29 is 9.53 Å². The molecule has 3 aromatic heterocycles. The molecule has 0 fully saturated rings. The van der Waals surface area contributed by atoms with Crippen LogP contribution in [-0.2, 0) is 0 Å². The van der Waals surface area contributed by atoms with Gasteiger partial charge in [-0.15, -0.1) is 0 Å². The van der Waals surface area contributed by atoms with Crippen molar-refractivity contribution in [2.24, 2.45) is 0 Å². The van der Waals surface area contributed by atoms with Gasteiger partial charge in [-0.2, -0.15) is 5.10 Å². The fraction of sp³-hybridized carbons (Fsp3) is 0.143. The summed E-state index contributed by atoms with van der Waals surface area (Å²) in [4.78, 5) is 20.2. The molecule has 8 nitrogen and oxygen atoms in total. The van der Waals surface area contributed by atoms with Crippen molar-refractivity contribution in [2.45, 2.75) is 0 Å². The van der Waals surface area contributed by atoms with Gasteiger partial charge in [0.25, 0.3) is 5.91 Å². The first-order chi connectivity index (χ1) is 11.5. The first-order valence-electron chi connectivity index (χ1n) is 6.75. The summed E-state index contributed by atoms with van der Waals surface area (Å²) in [6.07, 6.45) is 4.35. The molecule has 1 amide bonds. The Labute approximate surface area is 146 Å². The highest BCUT2D eigenvalue weighted by molar-refractivity contribution is 6.34. The molecule has 2 N–H and O–H groups in total. The average molecular weight is 367 g/mol. The van der Waals surface area contributed by atoms with E-state index >= 15 is 0 Å². The van der Waals surface area contributed by atoms with E-state index in [1.54, 1.807) is 0 Å². The maximum atomic E-state index is 12.0. The van der Waals surface area contributed by atoms with Gasteiger partial charge >= 0.3 is 0 Å². The standard InChI is InChI=1S/C14H12Cl2N6O2/c1-17-14(23)7-4-18-10(16)3-9(7)21-13-12(24-2)11-8(15)5-20-22(11)6-19-13/h3-6H,1-2H3,(H,17,23)(H,18,21). The maximum absolute atomic E-state index is 12.0. The van der Waals surface area contributed by atoms with Gasteiger partial charge in [0, 0.05) is 13.2 Å². The Morgan fingerprint density at radius 3 is 2.79 bits per heavy atom. The van der Waals surface area contributed by atoms with Gasteiger partial charge in [-0.3, -0.25) is 4.79 Å². The van der Waals surface area contributed by atoms with E-state index in [9.17, 15) is 4.79 Å². The third kappa shape index (κ3) is 2.81. The topological polar surface area (TPSA) is 93.4 Å². The Morgan fingerprint density at radius 2 is 2.08 bits per heavy atom. The average Bonchev–Trinajstić information content (AvgIpc) is 2.96. The smallest absolute Gasteiger partial charge is 0.254 e. The molecule has 0 atom stereocenters. The highest BCUT2D eigenvalue weighted by Gasteiger charge is 2.18. The van der Waals surface area contributed by atoms with Gasteiger partial charge in [-0.1, -0.05) is 23.2 Å². The molecule has 0 saturated carbocycles. The number of amides is 1. The molecule has 0 unspecified atom stereocenters. The van der Waals surface area contributed by atoms with E-state index in [0.717, 1.165) is 0 Å². The third-order valence-corrected chi connectivity index (χ3v) is 3.76. The van der Waals surface area contributed by atoms with Crippen LogP contribution in [0.4, 0.5) is 11.5 Å². The zero-order chi connectivity index (χ0) is 17.3. The Kier molecular flexibility index (Phi) is 4.41. The van der Waals surface area contributed by atoms with E-state index in [2.05, 4.69) is 25.7 Å². The van der Waals surface area contributed by atoms with E-state index in [1.807, 2.05) is 0 Å². The minimum atomic E-state index is -0.316. The number of ether oxygens (including phenoxy) is 1. The van der Waals surface area contributed by atoms with Crippen LogP contribution in [0.3, 0.4) is 0 Å². The summed E-state index contributed by atoms with van der Waals surface area (Å²) in [6, 6.07) is 1.52. The second kappa shape index (κ2) is 6.50. The molecule has 124 valence electrons. The number of nitrogens with zero attached hydrogens (tertiary/aromatic N) is 4. The maximum Gasteiger partial charge on any atom is 0.254 e. The van der Waals surface area contributed by atoms with Crippen LogP contribution < -0.4 is 15.4 Å². The van der Waals surface area contributed by atoms with Crippen LogP contribution in [0, 0.1) is 0 Å². The number of anilines is 2. The number of carbonyl (C=O) groups excluding carboxylic acids is 1. The van der Waals surface area contributed by atoms with E-state index in [0.29, 0.717) is 33.4 Å². The Hall–Kier alpha value is -2.58. The highest BCUT2D eigenvalue weighted by atomic mass is 35.5. The quantitative estimate of drug-likeness (QED) is 0.689. The zero-order valence-electron chi connectivity index (χ0n) is 12.7. The van der Waals surface area contributed by atoms with Crippen molar-refractivity contribution in [2.75, 3.05) is 19.5 Å². The van der Waals surface area contributed by atoms with Gasteiger partial charge in [-0.25, -0.2) is 14.5 Å². The number of aromatic nitrogens is 4. The van der Waals surface area contributed by atoms with E-state index in [4.69, 9.17) is 27.9 Å². The number of fused-ring (bicyclic) bond motifs is 1. The summed E-state index contributed by atoms with van der Waals surface area (Å²) in [5.74, 6) is 0.430. The first kappa shape index (κ1) is 16.3. The SMILES string of the molecule is CNC(=O)c1cnc(Cl)cc1Nc1ncn2ncc(Cl)c2c1OC. The number of nitrogens with one attached hydrogen (secondary N) is 2. The van der Waals surface area contributed by atoms with Gasteiger partial charge in [0.05, 0.1) is 29.6 Å². The fourth-order valence-electron chi connectivity index (χ4n) is 2.18. The van der Waals surface area contributed by atoms with Crippen molar-refractivity contribution in [1.82, 2.24) is 24.9 Å². The van der Waals surface area contributed by atoms with Crippen molar-refractivity contribution in [3.63, 3.8) is 0 Å². The normalized spacial score (nSPS) is 10.7. The van der Waals surface area contributed by atoms with Crippen molar-refractivity contribution in [1.29, 1.82) is 0 Å². The van der Waals surface area contributed by atoms with Crippen LogP contribution in [0.25, 0.3) is 5.52 Å². The van der Waals surface area contributed by atoms with Gasteiger partial charge in [0.15, 0.2) is 11.6 Å². The van der Waals surface area contributed by atoms with Crippen LogP contribution in [0.1, 0.15) is 10.4 Å². The Balaban J connectivity index is 2.12. The van der Waals surface area contributed by atoms with Gasteiger partial charge in [0.1, 0.15) is 17.0 Å². The molecule has 3 aromatic rings. The lowest BCUT2D eigenvalue weighted by Crippen LogP contribution is -2.19. The predicted octanol–water partition coefficient (Wildman–Crippen LogP) is 2.54. The lowest BCUT2D eigenvalue weighted by atomic mass is 10.2. The number of rotatable bonds is 4. The molecule has 0 saturated heterocycles. The van der Waals surface area contributed by atoms with Crippen molar-refractivity contribution >= 4 is 46.1 Å². The summed E-state index contributed by atoms with van der Waals surface area (Å²) < 4.78 is 6.90. The molecule has 0 aliphatic carbocycles. The predicted molar refractivity (Wildman–Crippen MR) is 90.5 cm³/mol.